The van der Waals surface area contributed by atoms with Crippen LogP contribution in [0.25, 0.3) is 0 Å². The van der Waals surface area contributed by atoms with Crippen LogP contribution in [0.2, 0.25) is 0 Å². The molecule has 0 saturated carbocycles. The topological polar surface area (TPSA) is 39.7 Å². The van der Waals surface area contributed by atoms with Crippen molar-refractivity contribution in [2.45, 2.75) is 6.10 Å². The van der Waals surface area contributed by atoms with Gasteiger partial charge < -0.3 is 19.5 Å². The Morgan fingerprint density at radius 1 is 1.25 bits per heavy atom. The van der Waals surface area contributed by atoms with Crippen molar-refractivity contribution in [1.29, 1.82) is 0 Å². The van der Waals surface area contributed by atoms with Gasteiger partial charge >= 0.3 is 0 Å². The van der Waals surface area contributed by atoms with Crippen molar-refractivity contribution in [3.63, 3.8) is 0 Å². The van der Waals surface area contributed by atoms with E-state index in [2.05, 4.69) is 5.32 Å². The fraction of sp³-hybridized carbons (Fsp3) is 0.500. The standard InChI is InChI=1S/C12H17NO3/c1-14-10-2-4-11(5-3-10)16-12-8-13-6-7-15-9-12/h2-5,12-13H,6-9H2,1H3. The van der Waals surface area contributed by atoms with Crippen LogP contribution in [0.15, 0.2) is 24.3 Å². The molecule has 1 aromatic carbocycles. The van der Waals surface area contributed by atoms with E-state index in [4.69, 9.17) is 14.2 Å². The maximum absolute atomic E-state index is 5.79. The second-order valence-electron chi connectivity index (χ2n) is 3.69. The minimum atomic E-state index is 0.0795. The molecule has 0 aliphatic carbocycles. The summed E-state index contributed by atoms with van der Waals surface area (Å²) in [6.45, 7) is 3.11. The zero-order valence-corrected chi connectivity index (χ0v) is 9.44. The van der Waals surface area contributed by atoms with Crippen molar-refractivity contribution in [2.75, 3.05) is 33.4 Å². The van der Waals surface area contributed by atoms with Gasteiger partial charge in [-0.15, -0.1) is 0 Å². The average Bonchev–Trinajstić information content (AvgIpc) is 2.59. The SMILES string of the molecule is COc1ccc(OC2CNCCOC2)cc1. The number of methoxy groups -OCH3 is 1. The van der Waals surface area contributed by atoms with Crippen LogP contribution >= 0.6 is 0 Å². The van der Waals surface area contributed by atoms with Crippen LogP contribution in [0, 0.1) is 0 Å². The summed E-state index contributed by atoms with van der Waals surface area (Å²) in [6, 6.07) is 7.59. The predicted octanol–water partition coefficient (Wildman–Crippen LogP) is 1.06. The Labute approximate surface area is 95.5 Å². The average molecular weight is 223 g/mol. The monoisotopic (exact) mass is 223 g/mol. The third-order valence-corrected chi connectivity index (χ3v) is 2.46. The molecule has 1 aliphatic rings. The lowest BCUT2D eigenvalue weighted by Crippen LogP contribution is -2.31. The minimum Gasteiger partial charge on any atom is -0.497 e. The highest BCUT2D eigenvalue weighted by Crippen LogP contribution is 2.18. The molecule has 1 aromatic rings. The number of hydrogen-bond donors (Lipinski definition) is 1. The molecular weight excluding hydrogens is 206 g/mol. The van der Waals surface area contributed by atoms with Gasteiger partial charge in [0.15, 0.2) is 0 Å². The maximum atomic E-state index is 5.79. The summed E-state index contributed by atoms with van der Waals surface area (Å²) in [5, 5.41) is 3.27. The third-order valence-electron chi connectivity index (χ3n) is 2.46. The first-order valence-electron chi connectivity index (χ1n) is 5.47. The van der Waals surface area contributed by atoms with Crippen LogP contribution in [-0.2, 0) is 4.74 Å². The van der Waals surface area contributed by atoms with Gasteiger partial charge in [0.2, 0.25) is 0 Å². The Hall–Kier alpha value is -1.26. The zero-order valence-electron chi connectivity index (χ0n) is 9.44. The molecule has 1 unspecified atom stereocenters. The van der Waals surface area contributed by atoms with Crippen molar-refractivity contribution in [1.82, 2.24) is 5.32 Å². The van der Waals surface area contributed by atoms with Crippen LogP contribution in [0.5, 0.6) is 11.5 Å². The predicted molar refractivity (Wildman–Crippen MR) is 61.1 cm³/mol. The summed E-state index contributed by atoms with van der Waals surface area (Å²) < 4.78 is 16.3. The van der Waals surface area contributed by atoms with E-state index in [-0.39, 0.29) is 6.10 Å². The molecular formula is C12H17NO3. The van der Waals surface area contributed by atoms with Gasteiger partial charge in [0, 0.05) is 13.1 Å². The molecule has 1 fully saturated rings. The molecule has 1 saturated heterocycles. The minimum absolute atomic E-state index is 0.0795. The third kappa shape index (κ3) is 3.12. The highest BCUT2D eigenvalue weighted by Gasteiger charge is 2.13. The van der Waals surface area contributed by atoms with Crippen molar-refractivity contribution in [3.8, 4) is 11.5 Å². The fourth-order valence-corrected chi connectivity index (χ4v) is 1.60. The quantitative estimate of drug-likeness (QED) is 0.832. The summed E-state index contributed by atoms with van der Waals surface area (Å²) in [7, 11) is 1.65. The van der Waals surface area contributed by atoms with Gasteiger partial charge in [-0.05, 0) is 24.3 Å². The van der Waals surface area contributed by atoms with Gasteiger partial charge in [-0.3, -0.25) is 0 Å². The molecule has 0 amide bonds. The van der Waals surface area contributed by atoms with Crippen molar-refractivity contribution in [2.24, 2.45) is 0 Å². The second kappa shape index (κ2) is 5.72. The summed E-state index contributed by atoms with van der Waals surface area (Å²) >= 11 is 0. The summed E-state index contributed by atoms with van der Waals surface area (Å²) in [4.78, 5) is 0. The van der Waals surface area contributed by atoms with Crippen LogP contribution in [0.1, 0.15) is 0 Å². The largest absolute Gasteiger partial charge is 0.497 e. The van der Waals surface area contributed by atoms with E-state index in [1.165, 1.54) is 0 Å². The lowest BCUT2D eigenvalue weighted by Gasteiger charge is -2.16. The molecule has 88 valence electrons. The van der Waals surface area contributed by atoms with Crippen LogP contribution < -0.4 is 14.8 Å². The Kier molecular flexibility index (Phi) is 4.02. The summed E-state index contributed by atoms with van der Waals surface area (Å²) in [5.74, 6) is 1.68. The van der Waals surface area contributed by atoms with E-state index in [9.17, 15) is 0 Å². The highest BCUT2D eigenvalue weighted by molar-refractivity contribution is 5.31. The number of rotatable bonds is 3. The maximum Gasteiger partial charge on any atom is 0.134 e. The van der Waals surface area contributed by atoms with Gasteiger partial charge in [0.1, 0.15) is 17.6 Å². The van der Waals surface area contributed by atoms with Crippen molar-refractivity contribution < 1.29 is 14.2 Å². The normalized spacial score (nSPS) is 21.2. The lowest BCUT2D eigenvalue weighted by atomic mass is 10.3. The molecule has 4 nitrogen and oxygen atoms in total. The number of nitrogens with one attached hydrogen (secondary N) is 1. The smallest absolute Gasteiger partial charge is 0.134 e. The highest BCUT2D eigenvalue weighted by atomic mass is 16.5. The Bertz CT molecular complexity index is 305. The van der Waals surface area contributed by atoms with Crippen LogP contribution in [-0.4, -0.2) is 39.5 Å². The Morgan fingerprint density at radius 2 is 2.00 bits per heavy atom. The van der Waals surface area contributed by atoms with E-state index in [0.29, 0.717) is 6.61 Å². The molecule has 0 aromatic heterocycles. The lowest BCUT2D eigenvalue weighted by molar-refractivity contribution is 0.0728. The van der Waals surface area contributed by atoms with Crippen LogP contribution in [0.3, 0.4) is 0 Å². The fourth-order valence-electron chi connectivity index (χ4n) is 1.60. The molecule has 1 aliphatic heterocycles. The first-order chi connectivity index (χ1) is 7.88. The van der Waals surface area contributed by atoms with Gasteiger partial charge in [0.25, 0.3) is 0 Å². The van der Waals surface area contributed by atoms with Gasteiger partial charge in [-0.2, -0.15) is 0 Å². The molecule has 0 spiro atoms. The molecule has 1 heterocycles. The molecule has 1 atom stereocenters. The molecule has 0 radical (unpaired) electrons. The van der Waals surface area contributed by atoms with E-state index < -0.39 is 0 Å². The van der Waals surface area contributed by atoms with E-state index in [0.717, 1.165) is 31.2 Å². The zero-order chi connectivity index (χ0) is 11.2. The molecule has 16 heavy (non-hydrogen) atoms. The summed E-state index contributed by atoms with van der Waals surface area (Å²) in [6.07, 6.45) is 0.0795. The van der Waals surface area contributed by atoms with Crippen molar-refractivity contribution in [3.05, 3.63) is 24.3 Å². The van der Waals surface area contributed by atoms with Crippen LogP contribution in [0.4, 0.5) is 0 Å². The van der Waals surface area contributed by atoms with E-state index in [1.807, 2.05) is 24.3 Å². The molecule has 0 bridgehead atoms. The molecule has 4 heteroatoms. The van der Waals surface area contributed by atoms with E-state index in [1.54, 1.807) is 7.11 Å². The molecule has 1 N–H and O–H groups in total. The van der Waals surface area contributed by atoms with E-state index >= 15 is 0 Å². The number of benzene rings is 1. The van der Waals surface area contributed by atoms with Crippen molar-refractivity contribution >= 4 is 0 Å². The van der Waals surface area contributed by atoms with Gasteiger partial charge in [0.05, 0.1) is 20.3 Å². The van der Waals surface area contributed by atoms with Gasteiger partial charge in [-0.1, -0.05) is 0 Å². The summed E-state index contributed by atoms with van der Waals surface area (Å²) in [5.41, 5.74) is 0. The Balaban J connectivity index is 1.91. The van der Waals surface area contributed by atoms with Gasteiger partial charge in [-0.25, -0.2) is 0 Å². The first kappa shape index (κ1) is 11.2. The first-order valence-corrected chi connectivity index (χ1v) is 5.47. The second-order valence-corrected chi connectivity index (χ2v) is 3.69. The number of ether oxygens (including phenoxy) is 3. The Morgan fingerprint density at radius 3 is 2.75 bits per heavy atom. The molecule has 2 rings (SSSR count). The number of hydrogen-bond acceptors (Lipinski definition) is 4.